The summed E-state index contributed by atoms with van der Waals surface area (Å²) in [4.78, 5) is 7.72. The first-order valence-electron chi connectivity index (χ1n) is 5.45. The molecule has 0 aromatic carbocycles. The van der Waals surface area contributed by atoms with Gasteiger partial charge in [-0.05, 0) is 25.7 Å². The summed E-state index contributed by atoms with van der Waals surface area (Å²) in [7, 11) is -4.67. The Morgan fingerprint density at radius 2 is 1.05 bits per heavy atom. The van der Waals surface area contributed by atoms with Gasteiger partial charge >= 0.3 is 10.4 Å². The molecule has 0 radical (unpaired) electrons. The first kappa shape index (κ1) is 17.4. The van der Waals surface area contributed by atoms with Crippen molar-refractivity contribution in [3.63, 3.8) is 0 Å². The third-order valence-electron chi connectivity index (χ3n) is 1.76. The van der Waals surface area contributed by atoms with Gasteiger partial charge in [-0.3, -0.25) is 19.1 Å². The number of guanidine groups is 2. The SMILES string of the molecule is NC(N)=NC1CC1.NC(N)=NC1CC1.O=S(=O)(O)O. The summed E-state index contributed by atoms with van der Waals surface area (Å²) in [6.07, 6.45) is 4.66. The highest BCUT2D eigenvalue weighted by molar-refractivity contribution is 7.79. The Bertz CT molecular complexity index is 385. The van der Waals surface area contributed by atoms with Crippen LogP contribution in [0.5, 0.6) is 0 Å². The number of rotatable bonds is 2. The van der Waals surface area contributed by atoms with Crippen LogP contribution in [0.25, 0.3) is 0 Å². The quantitative estimate of drug-likeness (QED) is 0.194. The molecular weight excluding hydrogens is 276 g/mol. The normalized spacial score (nSPS) is 16.9. The maximum atomic E-state index is 8.74. The Morgan fingerprint density at radius 3 is 1.11 bits per heavy atom. The standard InChI is InChI=1S/2C4H9N3.H2O4S/c2*5-4(6)7-3-1-2-3;1-5(2,3)4/h2*3H,1-2H2,(H4,5,6,7);(H2,1,2,3,4). The van der Waals surface area contributed by atoms with Crippen molar-refractivity contribution in [3.8, 4) is 0 Å². The van der Waals surface area contributed by atoms with E-state index in [2.05, 4.69) is 9.98 Å². The predicted octanol–water partition coefficient (Wildman–Crippen LogP) is -1.81. The van der Waals surface area contributed by atoms with Crippen LogP contribution < -0.4 is 22.9 Å². The van der Waals surface area contributed by atoms with E-state index in [-0.39, 0.29) is 11.9 Å². The number of hydrogen-bond donors (Lipinski definition) is 6. The largest absolute Gasteiger partial charge is 0.394 e. The summed E-state index contributed by atoms with van der Waals surface area (Å²) >= 11 is 0. The summed E-state index contributed by atoms with van der Waals surface area (Å²) in [5.74, 6) is 0.449. The van der Waals surface area contributed by atoms with Crippen LogP contribution in [0.15, 0.2) is 9.98 Å². The minimum absolute atomic E-state index is 0.225. The average Bonchev–Trinajstić information content (AvgIpc) is 2.96. The molecule has 0 spiro atoms. The van der Waals surface area contributed by atoms with E-state index < -0.39 is 10.4 Å². The Labute approximate surface area is 111 Å². The highest BCUT2D eigenvalue weighted by atomic mass is 32.3. The Balaban J connectivity index is 0.000000261. The van der Waals surface area contributed by atoms with E-state index in [1.165, 1.54) is 0 Å². The number of nitrogens with two attached hydrogens (primary N) is 4. The summed E-state index contributed by atoms with van der Waals surface area (Å²) in [5, 5.41) is 0. The second kappa shape index (κ2) is 7.76. The summed E-state index contributed by atoms with van der Waals surface area (Å²) < 4.78 is 31.6. The van der Waals surface area contributed by atoms with Crippen LogP contribution in [-0.4, -0.2) is 41.5 Å². The lowest BCUT2D eigenvalue weighted by molar-refractivity contribution is 0.381. The fourth-order valence-corrected chi connectivity index (χ4v) is 0.829. The van der Waals surface area contributed by atoms with Crippen molar-refractivity contribution in [3.05, 3.63) is 0 Å². The maximum Gasteiger partial charge on any atom is 0.394 e. The molecule has 0 unspecified atom stereocenters. The Hall–Kier alpha value is -1.59. The van der Waals surface area contributed by atoms with Crippen molar-refractivity contribution in [1.82, 2.24) is 0 Å². The van der Waals surface area contributed by atoms with Crippen LogP contribution in [0.4, 0.5) is 0 Å². The van der Waals surface area contributed by atoms with Gasteiger partial charge in [-0.25, -0.2) is 0 Å². The van der Waals surface area contributed by atoms with Gasteiger partial charge in [0.05, 0.1) is 12.1 Å². The average molecular weight is 296 g/mol. The van der Waals surface area contributed by atoms with Gasteiger partial charge in [0.1, 0.15) is 0 Å². The first-order chi connectivity index (χ1) is 8.58. The topological polar surface area (TPSA) is 203 Å². The molecule has 0 aromatic heterocycles. The molecule has 0 aliphatic heterocycles. The molecule has 0 aromatic rings. The van der Waals surface area contributed by atoms with E-state index in [1.54, 1.807) is 0 Å². The molecule has 0 amide bonds. The van der Waals surface area contributed by atoms with Crippen molar-refractivity contribution in [2.45, 2.75) is 37.8 Å². The monoisotopic (exact) mass is 296 g/mol. The Kier molecular flexibility index (Phi) is 7.11. The molecule has 2 rings (SSSR count). The van der Waals surface area contributed by atoms with Crippen LogP contribution in [0, 0.1) is 0 Å². The zero-order chi connectivity index (χ0) is 15.1. The molecular formula is C8H20N6O4S. The van der Waals surface area contributed by atoms with Gasteiger partial charge in [0, 0.05) is 0 Å². The number of aliphatic imine (C=N–C) groups is 2. The van der Waals surface area contributed by atoms with Crippen molar-refractivity contribution < 1.29 is 17.5 Å². The third kappa shape index (κ3) is 22.1. The van der Waals surface area contributed by atoms with Gasteiger partial charge in [0.15, 0.2) is 11.9 Å². The van der Waals surface area contributed by atoms with Gasteiger partial charge in [-0.1, -0.05) is 0 Å². The highest BCUT2D eigenvalue weighted by Crippen LogP contribution is 2.23. The molecule has 0 atom stereocenters. The van der Waals surface area contributed by atoms with E-state index in [9.17, 15) is 0 Å². The van der Waals surface area contributed by atoms with Crippen molar-refractivity contribution in [2.24, 2.45) is 32.9 Å². The highest BCUT2D eigenvalue weighted by Gasteiger charge is 2.20. The second-order valence-corrected chi connectivity index (χ2v) is 4.91. The molecule has 112 valence electrons. The molecule has 2 aliphatic carbocycles. The number of hydrogen-bond acceptors (Lipinski definition) is 4. The van der Waals surface area contributed by atoms with Crippen LogP contribution in [0.3, 0.4) is 0 Å². The van der Waals surface area contributed by atoms with Crippen molar-refractivity contribution in [2.75, 3.05) is 0 Å². The van der Waals surface area contributed by atoms with Gasteiger partial charge in [0.2, 0.25) is 0 Å². The molecule has 0 saturated heterocycles. The van der Waals surface area contributed by atoms with Crippen LogP contribution in [0.1, 0.15) is 25.7 Å². The molecule has 2 fully saturated rings. The number of nitrogens with zero attached hydrogens (tertiary/aromatic N) is 2. The van der Waals surface area contributed by atoms with Gasteiger partial charge < -0.3 is 22.9 Å². The van der Waals surface area contributed by atoms with E-state index in [0.717, 1.165) is 25.7 Å². The molecule has 11 heteroatoms. The lowest BCUT2D eigenvalue weighted by atomic mass is 10.7. The lowest BCUT2D eigenvalue weighted by Gasteiger charge is -1.84. The van der Waals surface area contributed by atoms with Gasteiger partial charge in [0.25, 0.3) is 0 Å². The minimum atomic E-state index is -4.67. The fourth-order valence-electron chi connectivity index (χ4n) is 0.829. The maximum absolute atomic E-state index is 8.74. The van der Waals surface area contributed by atoms with Gasteiger partial charge in [-0.2, -0.15) is 8.42 Å². The van der Waals surface area contributed by atoms with Gasteiger partial charge in [-0.15, -0.1) is 0 Å². The van der Waals surface area contributed by atoms with Crippen LogP contribution >= 0.6 is 0 Å². The summed E-state index contributed by atoms with van der Waals surface area (Å²) in [6.45, 7) is 0. The molecule has 0 heterocycles. The van der Waals surface area contributed by atoms with Crippen LogP contribution in [-0.2, 0) is 10.4 Å². The molecule has 2 aliphatic rings. The predicted molar refractivity (Wildman–Crippen MR) is 71.8 cm³/mol. The van der Waals surface area contributed by atoms with E-state index in [0.29, 0.717) is 12.1 Å². The van der Waals surface area contributed by atoms with Crippen molar-refractivity contribution >= 4 is 22.3 Å². The molecule has 2 saturated carbocycles. The summed E-state index contributed by atoms with van der Waals surface area (Å²) in [6, 6.07) is 0.926. The first-order valence-corrected chi connectivity index (χ1v) is 6.85. The minimum Gasteiger partial charge on any atom is -0.370 e. The zero-order valence-electron chi connectivity index (χ0n) is 10.3. The fraction of sp³-hybridized carbons (Fsp3) is 0.750. The molecule has 10 N–H and O–H groups in total. The van der Waals surface area contributed by atoms with E-state index >= 15 is 0 Å². The van der Waals surface area contributed by atoms with Crippen LogP contribution in [0.2, 0.25) is 0 Å². The molecule has 10 nitrogen and oxygen atoms in total. The van der Waals surface area contributed by atoms with Crippen molar-refractivity contribution in [1.29, 1.82) is 0 Å². The zero-order valence-corrected chi connectivity index (χ0v) is 11.1. The second-order valence-electron chi connectivity index (χ2n) is 4.02. The Morgan fingerprint density at radius 1 is 0.842 bits per heavy atom. The summed E-state index contributed by atoms with van der Waals surface area (Å²) in [5.41, 5.74) is 20.2. The van der Waals surface area contributed by atoms with E-state index in [1.807, 2.05) is 0 Å². The smallest absolute Gasteiger partial charge is 0.370 e. The molecule has 19 heavy (non-hydrogen) atoms. The third-order valence-corrected chi connectivity index (χ3v) is 1.76. The van der Waals surface area contributed by atoms with E-state index in [4.69, 9.17) is 40.5 Å². The lowest BCUT2D eigenvalue weighted by Crippen LogP contribution is -2.23. The molecule has 0 bridgehead atoms.